The maximum Gasteiger partial charge on any atom is 0.220 e. The molecule has 0 aliphatic carbocycles. The molecule has 9 heteroatoms. The van der Waals surface area contributed by atoms with Gasteiger partial charge in [-0.15, -0.1) is 0 Å². The normalized spacial score (nSPS) is 19.6. The highest BCUT2D eigenvalue weighted by atomic mass is 16.7. The van der Waals surface area contributed by atoms with Gasteiger partial charge < -0.3 is 40.3 Å². The Hall–Kier alpha value is -1.85. The molecule has 7 atom stereocenters. The number of hydrogen-bond acceptors (Lipinski definition) is 8. The molecule has 6 N–H and O–H groups in total. The van der Waals surface area contributed by atoms with Gasteiger partial charge in [0.15, 0.2) is 6.29 Å². The predicted molar refractivity (Wildman–Crippen MR) is 299 cm³/mol. The van der Waals surface area contributed by atoms with Gasteiger partial charge in [-0.25, -0.2) is 0 Å². The quantitative estimate of drug-likeness (QED) is 0.0261. The number of allylic oxidation sites excluding steroid dienone is 7. The van der Waals surface area contributed by atoms with E-state index >= 15 is 0 Å². The third-order valence-corrected chi connectivity index (χ3v) is 14.4. The molecule has 1 aliphatic heterocycles. The van der Waals surface area contributed by atoms with E-state index < -0.39 is 49.5 Å². The maximum atomic E-state index is 13.0. The van der Waals surface area contributed by atoms with E-state index in [2.05, 4.69) is 55.6 Å². The molecule has 0 spiro atoms. The summed E-state index contributed by atoms with van der Waals surface area (Å²) in [5.74, 6) is -0.185. The molecule has 0 aromatic carbocycles. The first kappa shape index (κ1) is 67.2. The lowest BCUT2D eigenvalue weighted by molar-refractivity contribution is -0.302. The number of rotatable bonds is 52. The van der Waals surface area contributed by atoms with Crippen molar-refractivity contribution in [2.24, 2.45) is 0 Å². The van der Waals surface area contributed by atoms with E-state index in [0.717, 1.165) is 44.9 Å². The summed E-state index contributed by atoms with van der Waals surface area (Å²) in [6.45, 7) is 3.77. The van der Waals surface area contributed by atoms with E-state index in [-0.39, 0.29) is 12.5 Å². The van der Waals surface area contributed by atoms with E-state index in [9.17, 15) is 30.3 Å². The number of carbonyl (C=O) groups is 1. The Balaban J connectivity index is 2.10. The number of aliphatic hydroxyl groups excluding tert-OH is 5. The zero-order valence-corrected chi connectivity index (χ0v) is 46.2. The fraction of sp³-hybridized carbons (Fsp3) is 0.855. The van der Waals surface area contributed by atoms with Gasteiger partial charge in [0.1, 0.15) is 24.4 Å². The van der Waals surface area contributed by atoms with Crippen molar-refractivity contribution in [3.8, 4) is 0 Å². The van der Waals surface area contributed by atoms with E-state index in [1.54, 1.807) is 6.08 Å². The first-order valence-electron chi connectivity index (χ1n) is 30.4. The fourth-order valence-corrected chi connectivity index (χ4v) is 9.56. The lowest BCUT2D eigenvalue weighted by atomic mass is 9.99. The van der Waals surface area contributed by atoms with Crippen LogP contribution in [0.3, 0.4) is 0 Å². The van der Waals surface area contributed by atoms with Crippen LogP contribution < -0.4 is 5.32 Å². The van der Waals surface area contributed by atoms with Crippen molar-refractivity contribution in [1.29, 1.82) is 0 Å². The van der Waals surface area contributed by atoms with Gasteiger partial charge in [0.25, 0.3) is 0 Å². The number of aliphatic hydroxyl groups is 5. The number of amides is 1. The van der Waals surface area contributed by atoms with Crippen LogP contribution in [0.15, 0.2) is 48.6 Å². The SMILES string of the molecule is CCCCCCCCC/C=C/CC/C=C/C(O)C(COC1OC(CO)C(O)C(O)C1O)NC(=O)CCCCCCCCCCCCCCCCCCC/C=C\C/C=C\CCCCCCCCCCCCC. The summed E-state index contributed by atoms with van der Waals surface area (Å²) >= 11 is 0. The topological polar surface area (TPSA) is 149 Å². The molecular weight excluding hydrogens is 887 g/mol. The number of hydrogen-bond donors (Lipinski definition) is 6. The van der Waals surface area contributed by atoms with E-state index in [1.807, 2.05) is 6.08 Å². The van der Waals surface area contributed by atoms with Crippen molar-refractivity contribution in [2.75, 3.05) is 13.2 Å². The van der Waals surface area contributed by atoms with Crippen molar-refractivity contribution >= 4 is 5.91 Å². The highest BCUT2D eigenvalue weighted by molar-refractivity contribution is 5.76. The van der Waals surface area contributed by atoms with Crippen molar-refractivity contribution in [2.45, 2.75) is 326 Å². The van der Waals surface area contributed by atoms with E-state index in [4.69, 9.17) is 9.47 Å². The summed E-state index contributed by atoms with van der Waals surface area (Å²) in [5.41, 5.74) is 0. The molecule has 0 bridgehead atoms. The van der Waals surface area contributed by atoms with Crippen LogP contribution in [0.25, 0.3) is 0 Å². The maximum absolute atomic E-state index is 13.0. The zero-order chi connectivity index (χ0) is 51.5. The van der Waals surface area contributed by atoms with Gasteiger partial charge in [-0.1, -0.05) is 262 Å². The smallest absolute Gasteiger partial charge is 0.220 e. The third kappa shape index (κ3) is 41.1. The highest BCUT2D eigenvalue weighted by Crippen LogP contribution is 2.23. The van der Waals surface area contributed by atoms with Crippen LogP contribution in [0, 0.1) is 0 Å². The summed E-state index contributed by atoms with van der Waals surface area (Å²) in [4.78, 5) is 13.0. The minimum atomic E-state index is -1.57. The Kier molecular flexibility index (Phi) is 48.8. The molecule has 1 rings (SSSR count). The van der Waals surface area contributed by atoms with Crippen LogP contribution in [0.1, 0.15) is 284 Å². The molecule has 71 heavy (non-hydrogen) atoms. The van der Waals surface area contributed by atoms with Gasteiger partial charge in [0.05, 0.1) is 25.4 Å². The number of nitrogens with one attached hydrogen (secondary N) is 1. The lowest BCUT2D eigenvalue weighted by Crippen LogP contribution is -2.60. The van der Waals surface area contributed by atoms with Crippen molar-refractivity contribution in [3.05, 3.63) is 48.6 Å². The summed E-state index contributed by atoms with van der Waals surface area (Å²) in [6, 6.07) is -0.821. The molecule has 1 fully saturated rings. The molecule has 0 radical (unpaired) electrons. The number of ether oxygens (including phenoxy) is 2. The minimum Gasteiger partial charge on any atom is -0.394 e. The summed E-state index contributed by atoms with van der Waals surface area (Å²) in [5, 5.41) is 54.4. The Morgan fingerprint density at radius 3 is 1.27 bits per heavy atom. The van der Waals surface area contributed by atoms with Gasteiger partial charge in [-0.3, -0.25) is 4.79 Å². The largest absolute Gasteiger partial charge is 0.394 e. The standard InChI is InChI=1S/C62H115NO8/c1-3-5-7-9-11-13-15-17-18-19-20-21-22-23-24-25-26-27-28-29-30-31-32-33-34-35-36-37-38-40-42-44-46-48-50-52-58(66)63-55(54-70-62-61(69)60(68)59(67)57(53-64)71-62)56(65)51-49-47-45-43-41-39-16-14-12-10-8-6-4-2/h22-23,25-26,41,43,49,51,55-57,59-62,64-65,67-69H,3-21,24,27-40,42,44-48,50,52-54H2,1-2H3,(H,63,66)/b23-22-,26-25-,43-41+,51-49+. The van der Waals surface area contributed by atoms with Crippen LogP contribution in [0.2, 0.25) is 0 Å². The van der Waals surface area contributed by atoms with Gasteiger partial charge in [-0.2, -0.15) is 0 Å². The van der Waals surface area contributed by atoms with Gasteiger partial charge in [-0.05, 0) is 64.2 Å². The second kappa shape index (κ2) is 51.6. The lowest BCUT2D eigenvalue weighted by Gasteiger charge is -2.40. The van der Waals surface area contributed by atoms with Crippen molar-refractivity contribution < 1.29 is 39.8 Å². The van der Waals surface area contributed by atoms with Crippen LogP contribution in [-0.4, -0.2) is 87.5 Å². The van der Waals surface area contributed by atoms with Crippen molar-refractivity contribution in [1.82, 2.24) is 5.32 Å². The molecule has 0 aromatic rings. The zero-order valence-electron chi connectivity index (χ0n) is 46.2. The van der Waals surface area contributed by atoms with Gasteiger partial charge in [0.2, 0.25) is 5.91 Å². The predicted octanol–water partition coefficient (Wildman–Crippen LogP) is 15.3. The van der Waals surface area contributed by atoms with E-state index in [1.165, 1.54) is 218 Å². The van der Waals surface area contributed by atoms with Crippen LogP contribution >= 0.6 is 0 Å². The van der Waals surface area contributed by atoms with E-state index in [0.29, 0.717) is 6.42 Å². The minimum absolute atomic E-state index is 0.185. The summed E-state index contributed by atoms with van der Waals surface area (Å²) in [7, 11) is 0. The molecule has 9 nitrogen and oxygen atoms in total. The first-order chi connectivity index (χ1) is 34.8. The van der Waals surface area contributed by atoms with Crippen LogP contribution in [0.4, 0.5) is 0 Å². The average molecular weight is 1000 g/mol. The first-order valence-corrected chi connectivity index (χ1v) is 30.4. The van der Waals surface area contributed by atoms with Gasteiger partial charge >= 0.3 is 0 Å². The molecule has 416 valence electrons. The summed E-state index contributed by atoms with van der Waals surface area (Å²) in [6.07, 6.45) is 62.1. The Bertz CT molecular complexity index is 1250. The molecular formula is C62H115NO8. The molecule has 0 saturated carbocycles. The molecule has 1 saturated heterocycles. The third-order valence-electron chi connectivity index (χ3n) is 14.4. The number of carbonyl (C=O) groups excluding carboxylic acids is 1. The molecule has 7 unspecified atom stereocenters. The molecule has 1 heterocycles. The Morgan fingerprint density at radius 2 is 0.845 bits per heavy atom. The number of unbranched alkanes of at least 4 members (excludes halogenated alkanes) is 36. The van der Waals surface area contributed by atoms with Gasteiger partial charge in [0, 0.05) is 6.42 Å². The monoisotopic (exact) mass is 1000 g/mol. The highest BCUT2D eigenvalue weighted by Gasteiger charge is 2.44. The second-order valence-corrected chi connectivity index (χ2v) is 21.1. The molecule has 0 aromatic heterocycles. The van der Waals surface area contributed by atoms with Crippen LogP contribution in [0.5, 0.6) is 0 Å². The second-order valence-electron chi connectivity index (χ2n) is 21.1. The van der Waals surface area contributed by atoms with Crippen molar-refractivity contribution in [3.63, 3.8) is 0 Å². The molecule has 1 amide bonds. The average Bonchev–Trinajstić information content (AvgIpc) is 3.37. The molecule has 1 aliphatic rings. The fourth-order valence-electron chi connectivity index (χ4n) is 9.56. The summed E-state index contributed by atoms with van der Waals surface area (Å²) < 4.78 is 11.2. The van der Waals surface area contributed by atoms with Crippen LogP contribution in [-0.2, 0) is 14.3 Å². The Morgan fingerprint density at radius 1 is 0.479 bits per heavy atom. The Labute approximate surface area is 437 Å².